The number of hydrogen-bond donors (Lipinski definition) is 2. The number of nitrogens with zero attached hydrogens (tertiary/aromatic N) is 1. The molecule has 1 aliphatic heterocycles. The Labute approximate surface area is 141 Å². The van der Waals surface area contributed by atoms with Crippen LogP contribution in [0, 0.1) is 0 Å². The molecule has 2 amide bonds. The van der Waals surface area contributed by atoms with Crippen LogP contribution >= 0.6 is 0 Å². The Morgan fingerprint density at radius 2 is 1.42 bits per heavy atom. The Hall–Kier alpha value is -2.82. The van der Waals surface area contributed by atoms with Crippen molar-refractivity contribution in [3.05, 3.63) is 59.7 Å². The fourth-order valence-electron chi connectivity index (χ4n) is 2.90. The number of piperidine rings is 1. The van der Waals surface area contributed by atoms with Crippen LogP contribution in [0.15, 0.2) is 48.5 Å². The fraction of sp³-hybridized carbons (Fsp3) is 0.263. The Morgan fingerprint density at radius 1 is 0.833 bits per heavy atom. The number of nitrogens with one attached hydrogen (secondary N) is 1. The number of hydrogen-bond acceptors (Lipinski definition) is 3. The molecule has 24 heavy (non-hydrogen) atoms. The average molecular weight is 323 g/mol. The molecule has 5 heteroatoms. The van der Waals surface area contributed by atoms with E-state index in [4.69, 9.17) is 5.73 Å². The second-order valence-electron chi connectivity index (χ2n) is 5.99. The van der Waals surface area contributed by atoms with E-state index in [1.165, 1.54) is 24.9 Å². The van der Waals surface area contributed by atoms with E-state index in [0.717, 1.165) is 18.8 Å². The summed E-state index contributed by atoms with van der Waals surface area (Å²) >= 11 is 0. The van der Waals surface area contributed by atoms with Crippen molar-refractivity contribution < 1.29 is 9.59 Å². The number of primary amides is 1. The van der Waals surface area contributed by atoms with Crippen molar-refractivity contribution >= 4 is 23.2 Å². The van der Waals surface area contributed by atoms with Gasteiger partial charge in [-0.2, -0.15) is 0 Å². The molecule has 2 aromatic rings. The Kier molecular flexibility index (Phi) is 4.79. The van der Waals surface area contributed by atoms with Crippen LogP contribution in [0.25, 0.3) is 0 Å². The first-order chi connectivity index (χ1) is 11.6. The van der Waals surface area contributed by atoms with Crippen molar-refractivity contribution in [1.29, 1.82) is 0 Å². The Balaban J connectivity index is 1.64. The van der Waals surface area contributed by atoms with Gasteiger partial charge in [-0.3, -0.25) is 9.59 Å². The van der Waals surface area contributed by atoms with E-state index in [9.17, 15) is 9.59 Å². The van der Waals surface area contributed by atoms with Crippen LogP contribution in [0.4, 0.5) is 11.4 Å². The molecule has 1 fully saturated rings. The highest BCUT2D eigenvalue weighted by Gasteiger charge is 2.11. The second kappa shape index (κ2) is 7.17. The van der Waals surface area contributed by atoms with E-state index in [-0.39, 0.29) is 5.91 Å². The van der Waals surface area contributed by atoms with Gasteiger partial charge in [-0.05, 0) is 67.8 Å². The zero-order chi connectivity index (χ0) is 16.9. The monoisotopic (exact) mass is 323 g/mol. The molecule has 3 rings (SSSR count). The molecular formula is C19H21N3O2. The van der Waals surface area contributed by atoms with Gasteiger partial charge in [-0.1, -0.05) is 0 Å². The molecule has 2 aromatic carbocycles. The first-order valence-corrected chi connectivity index (χ1v) is 8.20. The van der Waals surface area contributed by atoms with E-state index in [0.29, 0.717) is 11.1 Å². The molecule has 0 aromatic heterocycles. The van der Waals surface area contributed by atoms with E-state index in [2.05, 4.69) is 10.2 Å². The normalized spacial score (nSPS) is 14.2. The van der Waals surface area contributed by atoms with Crippen LogP contribution in [-0.2, 0) is 0 Å². The first kappa shape index (κ1) is 16.1. The molecule has 0 bridgehead atoms. The van der Waals surface area contributed by atoms with Gasteiger partial charge in [-0.15, -0.1) is 0 Å². The molecule has 0 atom stereocenters. The zero-order valence-corrected chi connectivity index (χ0v) is 13.5. The third-order valence-electron chi connectivity index (χ3n) is 4.28. The molecular weight excluding hydrogens is 302 g/mol. The van der Waals surface area contributed by atoms with Crippen molar-refractivity contribution in [2.24, 2.45) is 5.73 Å². The third-order valence-corrected chi connectivity index (χ3v) is 4.28. The topological polar surface area (TPSA) is 75.4 Å². The summed E-state index contributed by atoms with van der Waals surface area (Å²) in [6, 6.07) is 14.2. The molecule has 5 nitrogen and oxygen atoms in total. The van der Waals surface area contributed by atoms with Crippen molar-refractivity contribution in [1.82, 2.24) is 0 Å². The molecule has 1 aliphatic rings. The number of carbonyl (C=O) groups excluding carboxylic acids is 2. The van der Waals surface area contributed by atoms with Crippen LogP contribution in [-0.4, -0.2) is 24.9 Å². The molecule has 0 spiro atoms. The minimum Gasteiger partial charge on any atom is -0.372 e. The third kappa shape index (κ3) is 3.74. The van der Waals surface area contributed by atoms with Crippen molar-refractivity contribution in [3.8, 4) is 0 Å². The number of amides is 2. The van der Waals surface area contributed by atoms with Gasteiger partial charge in [0, 0.05) is 35.6 Å². The number of benzene rings is 2. The summed E-state index contributed by atoms with van der Waals surface area (Å²) in [6.45, 7) is 2.19. The van der Waals surface area contributed by atoms with Crippen LogP contribution in [0.5, 0.6) is 0 Å². The maximum atomic E-state index is 12.2. The van der Waals surface area contributed by atoms with Crippen LogP contribution in [0.3, 0.4) is 0 Å². The van der Waals surface area contributed by atoms with Gasteiger partial charge in [0.1, 0.15) is 0 Å². The van der Waals surface area contributed by atoms with E-state index in [1.807, 2.05) is 24.3 Å². The second-order valence-corrected chi connectivity index (χ2v) is 5.99. The van der Waals surface area contributed by atoms with Crippen LogP contribution in [0.1, 0.15) is 40.0 Å². The lowest BCUT2D eigenvalue weighted by Gasteiger charge is -2.28. The van der Waals surface area contributed by atoms with Crippen LogP contribution < -0.4 is 16.0 Å². The fourth-order valence-corrected chi connectivity index (χ4v) is 2.90. The molecule has 3 N–H and O–H groups in total. The number of rotatable bonds is 4. The van der Waals surface area contributed by atoms with Gasteiger partial charge in [-0.25, -0.2) is 0 Å². The number of nitrogens with two attached hydrogens (primary N) is 1. The predicted octanol–water partition coefficient (Wildman–Crippen LogP) is 3.03. The van der Waals surface area contributed by atoms with Gasteiger partial charge < -0.3 is 16.0 Å². The summed E-state index contributed by atoms with van der Waals surface area (Å²) in [7, 11) is 0. The lowest BCUT2D eigenvalue weighted by molar-refractivity contribution is 0.0995. The first-order valence-electron chi connectivity index (χ1n) is 8.20. The quantitative estimate of drug-likeness (QED) is 0.908. The predicted molar refractivity (Wildman–Crippen MR) is 95.4 cm³/mol. The Bertz CT molecular complexity index is 717. The summed E-state index contributed by atoms with van der Waals surface area (Å²) in [5, 5.41) is 2.86. The van der Waals surface area contributed by atoms with E-state index < -0.39 is 5.91 Å². The van der Waals surface area contributed by atoms with Crippen molar-refractivity contribution in [3.63, 3.8) is 0 Å². The highest BCUT2D eigenvalue weighted by molar-refractivity contribution is 6.05. The highest BCUT2D eigenvalue weighted by atomic mass is 16.2. The maximum absolute atomic E-state index is 12.2. The molecule has 0 unspecified atom stereocenters. The smallest absolute Gasteiger partial charge is 0.255 e. The van der Waals surface area contributed by atoms with Crippen molar-refractivity contribution in [2.75, 3.05) is 23.3 Å². The minimum absolute atomic E-state index is 0.211. The SMILES string of the molecule is NC(=O)c1ccc(C(=O)Nc2ccc(N3CCCCC3)cc2)cc1. The number of carbonyl (C=O) groups is 2. The minimum atomic E-state index is -0.504. The largest absolute Gasteiger partial charge is 0.372 e. The van der Waals surface area contributed by atoms with E-state index >= 15 is 0 Å². The summed E-state index contributed by atoms with van der Waals surface area (Å²) in [5.74, 6) is -0.716. The summed E-state index contributed by atoms with van der Waals surface area (Å²) in [6.07, 6.45) is 3.78. The molecule has 0 saturated carbocycles. The van der Waals surface area contributed by atoms with Gasteiger partial charge in [0.2, 0.25) is 5.91 Å². The highest BCUT2D eigenvalue weighted by Crippen LogP contribution is 2.22. The summed E-state index contributed by atoms with van der Waals surface area (Å²) < 4.78 is 0. The zero-order valence-electron chi connectivity index (χ0n) is 13.5. The molecule has 0 radical (unpaired) electrons. The van der Waals surface area contributed by atoms with Gasteiger partial charge in [0.15, 0.2) is 0 Å². The molecule has 0 aliphatic carbocycles. The molecule has 124 valence electrons. The van der Waals surface area contributed by atoms with Gasteiger partial charge in [0.25, 0.3) is 5.91 Å². The van der Waals surface area contributed by atoms with Gasteiger partial charge in [0.05, 0.1) is 0 Å². The molecule has 1 saturated heterocycles. The lowest BCUT2D eigenvalue weighted by atomic mass is 10.1. The number of anilines is 2. The summed E-state index contributed by atoms with van der Waals surface area (Å²) in [5.41, 5.74) is 8.01. The van der Waals surface area contributed by atoms with Crippen molar-refractivity contribution in [2.45, 2.75) is 19.3 Å². The van der Waals surface area contributed by atoms with Crippen LogP contribution in [0.2, 0.25) is 0 Å². The lowest BCUT2D eigenvalue weighted by Crippen LogP contribution is -2.29. The van der Waals surface area contributed by atoms with Gasteiger partial charge >= 0.3 is 0 Å². The maximum Gasteiger partial charge on any atom is 0.255 e. The Morgan fingerprint density at radius 3 is 2.00 bits per heavy atom. The standard InChI is InChI=1S/C19H21N3O2/c20-18(23)14-4-6-15(7-5-14)19(24)21-16-8-10-17(11-9-16)22-12-2-1-3-13-22/h4-11H,1-3,12-13H2,(H2,20,23)(H,21,24). The average Bonchev–Trinajstić information content (AvgIpc) is 2.63. The van der Waals surface area contributed by atoms with E-state index in [1.54, 1.807) is 24.3 Å². The molecule has 1 heterocycles. The summed E-state index contributed by atoms with van der Waals surface area (Å²) in [4.78, 5) is 25.7.